The largest absolute Gasteiger partial charge is 0.506 e. The third kappa shape index (κ3) is 2.32. The molecule has 2 N–H and O–H groups in total. The fourth-order valence-corrected chi connectivity index (χ4v) is 1.08. The van der Waals surface area contributed by atoms with Gasteiger partial charge in [-0.15, -0.1) is 0 Å². The highest BCUT2D eigenvalue weighted by atomic mass is 16.5. The Bertz CT molecular complexity index is 483. The normalized spacial score (nSPS) is 10.0. The maximum absolute atomic E-state index is 11.5. The molecule has 16 heavy (non-hydrogen) atoms. The van der Waals surface area contributed by atoms with Gasteiger partial charge in [0.15, 0.2) is 5.82 Å². The topological polar surface area (TPSA) is 101 Å². The number of hydrogen-bond donors (Lipinski definition) is 2. The van der Waals surface area contributed by atoms with Gasteiger partial charge in [-0.25, -0.2) is 0 Å². The van der Waals surface area contributed by atoms with E-state index in [4.69, 9.17) is 5.11 Å². The Hall–Kier alpha value is -2.44. The highest BCUT2D eigenvalue weighted by Crippen LogP contribution is 2.08. The molecule has 2 rings (SSSR count). The van der Waals surface area contributed by atoms with Crippen LogP contribution in [0.2, 0.25) is 0 Å². The van der Waals surface area contributed by atoms with Crippen LogP contribution in [0.5, 0.6) is 5.75 Å². The van der Waals surface area contributed by atoms with E-state index < -0.39 is 0 Å². The number of aromatic hydroxyl groups is 1. The molecule has 82 valence electrons. The van der Waals surface area contributed by atoms with Crippen LogP contribution in [0.4, 0.5) is 0 Å². The molecule has 0 spiro atoms. The summed E-state index contributed by atoms with van der Waals surface area (Å²) < 4.78 is 4.51. The smallest absolute Gasteiger partial charge is 0.253 e. The van der Waals surface area contributed by atoms with E-state index in [0.717, 1.165) is 0 Å². The molecule has 0 saturated heterocycles. The molecule has 0 atom stereocenters. The average Bonchev–Trinajstić information content (AvgIpc) is 2.78. The zero-order chi connectivity index (χ0) is 11.4. The predicted octanol–water partition coefficient (Wildman–Crippen LogP) is 0.100. The van der Waals surface area contributed by atoms with Gasteiger partial charge in [0.25, 0.3) is 5.91 Å². The number of rotatable bonds is 3. The lowest BCUT2D eigenvalue weighted by atomic mass is 10.2. The summed E-state index contributed by atoms with van der Waals surface area (Å²) in [6.45, 7) is 0.158. The monoisotopic (exact) mass is 220 g/mol. The first kappa shape index (κ1) is 10.1. The quantitative estimate of drug-likeness (QED) is 0.760. The summed E-state index contributed by atoms with van der Waals surface area (Å²) in [5.74, 6) is -0.0538. The Morgan fingerprint density at radius 3 is 3.06 bits per heavy atom. The van der Waals surface area contributed by atoms with Gasteiger partial charge in [0.05, 0.1) is 18.3 Å². The van der Waals surface area contributed by atoms with Gasteiger partial charge < -0.3 is 14.9 Å². The van der Waals surface area contributed by atoms with Gasteiger partial charge in [-0.3, -0.25) is 9.78 Å². The Morgan fingerprint density at radius 1 is 1.50 bits per heavy atom. The molecular weight excluding hydrogens is 212 g/mol. The Labute approximate surface area is 90.1 Å². The first-order chi connectivity index (χ1) is 7.75. The van der Waals surface area contributed by atoms with Crippen molar-refractivity contribution in [2.75, 3.05) is 0 Å². The van der Waals surface area contributed by atoms with Crippen molar-refractivity contribution in [3.63, 3.8) is 0 Å². The maximum Gasteiger partial charge on any atom is 0.253 e. The number of pyridine rings is 1. The van der Waals surface area contributed by atoms with E-state index >= 15 is 0 Å². The third-order valence-corrected chi connectivity index (χ3v) is 1.80. The minimum Gasteiger partial charge on any atom is -0.506 e. The van der Waals surface area contributed by atoms with Crippen LogP contribution in [0.3, 0.4) is 0 Å². The van der Waals surface area contributed by atoms with Crippen molar-refractivity contribution in [1.29, 1.82) is 0 Å². The number of aromatic nitrogens is 3. The minimum absolute atomic E-state index is 0.0628. The lowest BCUT2D eigenvalue weighted by Gasteiger charge is -2.01. The number of hydrogen-bond acceptors (Lipinski definition) is 6. The summed E-state index contributed by atoms with van der Waals surface area (Å²) in [4.78, 5) is 19.0. The van der Waals surface area contributed by atoms with Crippen LogP contribution in [0.1, 0.15) is 16.2 Å². The molecule has 0 saturated carbocycles. The Morgan fingerprint density at radius 2 is 2.38 bits per heavy atom. The standard InChI is InChI=1S/C9H8N4O3/c14-7-1-6(2-10-3-7)9(15)11-4-8-12-5-16-13-8/h1-3,5,14H,4H2,(H,11,15). The van der Waals surface area contributed by atoms with E-state index in [0.29, 0.717) is 5.82 Å². The van der Waals surface area contributed by atoms with Crippen LogP contribution >= 0.6 is 0 Å². The third-order valence-electron chi connectivity index (χ3n) is 1.80. The summed E-state index contributed by atoms with van der Waals surface area (Å²) in [7, 11) is 0. The van der Waals surface area contributed by atoms with Crippen molar-refractivity contribution in [1.82, 2.24) is 20.4 Å². The molecule has 0 bridgehead atoms. The molecule has 1 amide bonds. The van der Waals surface area contributed by atoms with Crippen LogP contribution in [0, 0.1) is 0 Å². The van der Waals surface area contributed by atoms with Crippen LogP contribution < -0.4 is 5.32 Å². The van der Waals surface area contributed by atoms with Crippen LogP contribution in [-0.2, 0) is 6.54 Å². The summed E-state index contributed by atoms with van der Waals surface area (Å²) >= 11 is 0. The zero-order valence-corrected chi connectivity index (χ0v) is 8.12. The van der Waals surface area contributed by atoms with Crippen molar-refractivity contribution in [2.24, 2.45) is 0 Å². The SMILES string of the molecule is O=C(NCc1ncon1)c1cncc(O)c1. The van der Waals surface area contributed by atoms with Crippen molar-refractivity contribution in [2.45, 2.75) is 6.54 Å². The lowest BCUT2D eigenvalue weighted by molar-refractivity contribution is 0.0949. The van der Waals surface area contributed by atoms with E-state index in [9.17, 15) is 4.79 Å². The number of nitrogens with zero attached hydrogens (tertiary/aromatic N) is 3. The Balaban J connectivity index is 1.98. The molecule has 0 aliphatic heterocycles. The van der Waals surface area contributed by atoms with Gasteiger partial charge in [0, 0.05) is 6.20 Å². The zero-order valence-electron chi connectivity index (χ0n) is 8.12. The molecule has 2 aromatic heterocycles. The van der Waals surface area contributed by atoms with E-state index in [1.165, 1.54) is 24.9 Å². The summed E-state index contributed by atoms with van der Waals surface area (Å²) in [6.07, 6.45) is 3.78. The number of nitrogens with one attached hydrogen (secondary N) is 1. The van der Waals surface area contributed by atoms with Gasteiger partial charge >= 0.3 is 0 Å². The van der Waals surface area contributed by atoms with Gasteiger partial charge in [-0.2, -0.15) is 4.98 Å². The van der Waals surface area contributed by atoms with E-state index in [2.05, 4.69) is 25.0 Å². The summed E-state index contributed by atoms with van der Waals surface area (Å²) in [5.41, 5.74) is 0.267. The molecule has 0 aliphatic rings. The highest BCUT2D eigenvalue weighted by molar-refractivity contribution is 5.94. The fraction of sp³-hybridized carbons (Fsp3) is 0.111. The second kappa shape index (κ2) is 4.39. The molecule has 0 aliphatic carbocycles. The van der Waals surface area contributed by atoms with Crippen molar-refractivity contribution in [3.8, 4) is 5.75 Å². The molecule has 0 radical (unpaired) electrons. The van der Waals surface area contributed by atoms with Crippen LogP contribution in [0.25, 0.3) is 0 Å². The first-order valence-electron chi connectivity index (χ1n) is 4.43. The second-order valence-corrected chi connectivity index (χ2v) is 2.96. The average molecular weight is 220 g/mol. The van der Waals surface area contributed by atoms with E-state index in [1.807, 2.05) is 0 Å². The highest BCUT2D eigenvalue weighted by Gasteiger charge is 2.07. The van der Waals surface area contributed by atoms with E-state index in [-0.39, 0.29) is 23.8 Å². The van der Waals surface area contributed by atoms with Gasteiger partial charge in [-0.1, -0.05) is 5.16 Å². The van der Waals surface area contributed by atoms with Crippen LogP contribution in [0.15, 0.2) is 29.4 Å². The van der Waals surface area contributed by atoms with Crippen molar-refractivity contribution >= 4 is 5.91 Å². The summed E-state index contributed by atoms with van der Waals surface area (Å²) in [5, 5.41) is 15.2. The number of amides is 1. The van der Waals surface area contributed by atoms with Crippen molar-refractivity contribution in [3.05, 3.63) is 36.2 Å². The molecule has 7 nitrogen and oxygen atoms in total. The molecule has 0 unspecified atom stereocenters. The predicted molar refractivity (Wildman–Crippen MR) is 51.4 cm³/mol. The molecule has 2 aromatic rings. The molecular formula is C9H8N4O3. The maximum atomic E-state index is 11.5. The Kier molecular flexibility index (Phi) is 2.77. The van der Waals surface area contributed by atoms with Gasteiger partial charge in [-0.05, 0) is 6.07 Å². The molecule has 7 heteroatoms. The first-order valence-corrected chi connectivity index (χ1v) is 4.43. The number of carbonyl (C=O) groups is 1. The van der Waals surface area contributed by atoms with Gasteiger partial charge in [0.1, 0.15) is 5.75 Å². The van der Waals surface area contributed by atoms with E-state index in [1.54, 1.807) is 0 Å². The van der Waals surface area contributed by atoms with Crippen LogP contribution in [-0.4, -0.2) is 26.1 Å². The fourth-order valence-electron chi connectivity index (χ4n) is 1.08. The number of carbonyl (C=O) groups excluding carboxylic acids is 1. The second-order valence-electron chi connectivity index (χ2n) is 2.96. The molecule has 0 fully saturated rings. The molecule has 0 aromatic carbocycles. The van der Waals surface area contributed by atoms with Gasteiger partial charge in [0.2, 0.25) is 6.39 Å². The molecule has 2 heterocycles. The summed E-state index contributed by atoms with van der Waals surface area (Å²) in [6, 6.07) is 1.32. The minimum atomic E-state index is -0.367. The lowest BCUT2D eigenvalue weighted by Crippen LogP contribution is -2.23. The van der Waals surface area contributed by atoms with Crippen molar-refractivity contribution < 1.29 is 14.4 Å².